The van der Waals surface area contributed by atoms with E-state index in [4.69, 9.17) is 16.3 Å². The molecule has 0 unspecified atom stereocenters. The van der Waals surface area contributed by atoms with Crippen molar-refractivity contribution in [1.29, 1.82) is 0 Å². The molecule has 1 atom stereocenters. The van der Waals surface area contributed by atoms with E-state index < -0.39 is 11.7 Å². The fraction of sp³-hybridized carbons (Fsp3) is 0.400. The lowest BCUT2D eigenvalue weighted by molar-refractivity contribution is -0.137. The van der Waals surface area contributed by atoms with Crippen LogP contribution in [0, 0.1) is 5.92 Å². The fourth-order valence-electron chi connectivity index (χ4n) is 3.25. The molecule has 0 amide bonds. The molecule has 1 aromatic carbocycles. The predicted molar refractivity (Wildman–Crippen MR) is 100 cm³/mol. The first-order valence-electron chi connectivity index (χ1n) is 8.64. The standard InChI is InChI=1S/C20H20ClF3OS/c21-17-10-16(20(22,23)24)11-18(12-17)25-13-15-6-1-4-14(15)5-2-7-19-8-3-9-26-19/h3-4,8-12,15H,1-2,5-7,13H2/t15-/m1/s1. The lowest BCUT2D eigenvalue weighted by Crippen LogP contribution is -2.13. The Balaban J connectivity index is 1.54. The summed E-state index contributed by atoms with van der Waals surface area (Å²) in [7, 11) is 0. The smallest absolute Gasteiger partial charge is 0.416 e. The van der Waals surface area contributed by atoms with Gasteiger partial charge in [-0.05, 0) is 61.7 Å². The normalized spacial score (nSPS) is 17.4. The number of hydrogen-bond acceptors (Lipinski definition) is 2. The first kappa shape index (κ1) is 19.3. The third kappa shape index (κ3) is 5.27. The van der Waals surface area contributed by atoms with Crippen LogP contribution in [0.5, 0.6) is 5.75 Å². The number of halogens is 4. The summed E-state index contributed by atoms with van der Waals surface area (Å²) in [6.45, 7) is 0.391. The van der Waals surface area contributed by atoms with Gasteiger partial charge in [-0.3, -0.25) is 0 Å². The summed E-state index contributed by atoms with van der Waals surface area (Å²) < 4.78 is 44.3. The first-order valence-corrected chi connectivity index (χ1v) is 9.89. The molecule has 0 bridgehead atoms. The maximum atomic E-state index is 12.9. The quantitative estimate of drug-likeness (QED) is 0.448. The van der Waals surface area contributed by atoms with Gasteiger partial charge in [0.05, 0.1) is 12.2 Å². The predicted octanol–water partition coefficient (Wildman–Crippen LogP) is 7.16. The summed E-state index contributed by atoms with van der Waals surface area (Å²) >= 11 is 7.58. The Labute approximate surface area is 160 Å². The van der Waals surface area contributed by atoms with E-state index in [2.05, 4.69) is 23.6 Å². The molecule has 1 aliphatic rings. The summed E-state index contributed by atoms with van der Waals surface area (Å²) in [5.41, 5.74) is 0.581. The second-order valence-electron chi connectivity index (χ2n) is 6.47. The molecular formula is C20H20ClF3OS. The molecule has 1 heterocycles. The first-order chi connectivity index (χ1) is 12.4. The van der Waals surface area contributed by atoms with E-state index in [1.165, 1.54) is 16.5 Å². The molecule has 140 valence electrons. The zero-order valence-electron chi connectivity index (χ0n) is 14.2. The van der Waals surface area contributed by atoms with Crippen LogP contribution in [0.4, 0.5) is 13.2 Å². The average molecular weight is 401 g/mol. The van der Waals surface area contributed by atoms with Crippen LogP contribution in [0.25, 0.3) is 0 Å². The van der Waals surface area contributed by atoms with Crippen molar-refractivity contribution < 1.29 is 17.9 Å². The summed E-state index contributed by atoms with van der Waals surface area (Å²) in [5, 5.41) is 2.12. The molecule has 6 heteroatoms. The Morgan fingerprint density at radius 1 is 1.19 bits per heavy atom. The summed E-state index contributed by atoms with van der Waals surface area (Å²) in [6, 6.07) is 7.57. The second-order valence-corrected chi connectivity index (χ2v) is 7.94. The topological polar surface area (TPSA) is 9.23 Å². The molecule has 0 fully saturated rings. The van der Waals surface area contributed by atoms with E-state index >= 15 is 0 Å². The van der Waals surface area contributed by atoms with Crippen molar-refractivity contribution in [1.82, 2.24) is 0 Å². The summed E-state index contributed by atoms with van der Waals surface area (Å²) in [5.74, 6) is 0.446. The third-order valence-corrected chi connectivity index (χ3v) is 5.72. The van der Waals surface area contributed by atoms with Gasteiger partial charge in [0, 0.05) is 15.8 Å². The minimum absolute atomic E-state index is 0.0351. The van der Waals surface area contributed by atoms with Crippen LogP contribution in [0.15, 0.2) is 47.4 Å². The van der Waals surface area contributed by atoms with Crippen molar-refractivity contribution in [3.05, 3.63) is 62.8 Å². The average Bonchev–Trinajstić information content (AvgIpc) is 3.23. The molecule has 1 aliphatic carbocycles. The number of hydrogen-bond donors (Lipinski definition) is 0. The molecule has 0 radical (unpaired) electrons. The lowest BCUT2D eigenvalue weighted by Gasteiger charge is -2.17. The van der Waals surface area contributed by atoms with Crippen molar-refractivity contribution in [2.75, 3.05) is 6.61 Å². The minimum atomic E-state index is -4.43. The van der Waals surface area contributed by atoms with Crippen molar-refractivity contribution in [3.63, 3.8) is 0 Å². The zero-order valence-corrected chi connectivity index (χ0v) is 15.8. The van der Waals surface area contributed by atoms with Gasteiger partial charge in [-0.25, -0.2) is 0 Å². The molecule has 0 saturated carbocycles. The summed E-state index contributed by atoms with van der Waals surface area (Å²) in [4.78, 5) is 1.38. The number of benzene rings is 1. The number of rotatable bonds is 7. The number of thiophene rings is 1. The van der Waals surface area contributed by atoms with Gasteiger partial charge < -0.3 is 4.74 Å². The highest BCUT2D eigenvalue weighted by molar-refractivity contribution is 7.09. The van der Waals surface area contributed by atoms with Gasteiger partial charge in [-0.1, -0.05) is 29.3 Å². The van der Waals surface area contributed by atoms with E-state index in [1.807, 2.05) is 0 Å². The van der Waals surface area contributed by atoms with Crippen LogP contribution < -0.4 is 4.74 Å². The van der Waals surface area contributed by atoms with Crippen molar-refractivity contribution in [2.24, 2.45) is 5.92 Å². The number of ether oxygens (including phenoxy) is 1. The molecule has 0 saturated heterocycles. The Hall–Kier alpha value is -1.46. The van der Waals surface area contributed by atoms with Crippen LogP contribution >= 0.6 is 22.9 Å². The van der Waals surface area contributed by atoms with Crippen molar-refractivity contribution in [2.45, 2.75) is 38.3 Å². The molecule has 0 N–H and O–H groups in total. The Morgan fingerprint density at radius 2 is 2.04 bits per heavy atom. The largest absolute Gasteiger partial charge is 0.493 e. The van der Waals surface area contributed by atoms with Crippen LogP contribution in [0.2, 0.25) is 5.02 Å². The second kappa shape index (κ2) is 8.49. The van der Waals surface area contributed by atoms with Crippen LogP contribution in [-0.2, 0) is 12.6 Å². The van der Waals surface area contributed by atoms with Gasteiger partial charge in [0.1, 0.15) is 5.75 Å². The molecule has 1 aromatic heterocycles. The fourth-order valence-corrected chi connectivity index (χ4v) is 4.22. The maximum Gasteiger partial charge on any atom is 0.416 e. The number of aryl methyl sites for hydroxylation is 1. The Morgan fingerprint density at radius 3 is 2.77 bits per heavy atom. The molecule has 26 heavy (non-hydrogen) atoms. The summed E-state index contributed by atoms with van der Waals surface area (Å²) in [6.07, 6.45) is 2.97. The SMILES string of the molecule is FC(F)(F)c1cc(Cl)cc(OC[C@H]2CCC=C2CCCc2cccs2)c1. The third-order valence-electron chi connectivity index (χ3n) is 4.56. The van der Waals surface area contributed by atoms with Crippen molar-refractivity contribution in [3.8, 4) is 5.75 Å². The maximum absolute atomic E-state index is 12.9. The molecule has 0 spiro atoms. The Kier molecular flexibility index (Phi) is 6.30. The van der Waals surface area contributed by atoms with Crippen molar-refractivity contribution >= 4 is 22.9 Å². The van der Waals surface area contributed by atoms with Gasteiger partial charge in [0.25, 0.3) is 0 Å². The van der Waals surface area contributed by atoms with Crippen LogP contribution in [-0.4, -0.2) is 6.61 Å². The van der Waals surface area contributed by atoms with E-state index in [9.17, 15) is 13.2 Å². The molecule has 1 nitrogen and oxygen atoms in total. The van der Waals surface area contributed by atoms with Crippen LogP contribution in [0.1, 0.15) is 36.1 Å². The molecule has 3 rings (SSSR count). The lowest BCUT2D eigenvalue weighted by atomic mass is 9.97. The molecule has 2 aromatic rings. The van der Waals surface area contributed by atoms with Gasteiger partial charge in [0.2, 0.25) is 0 Å². The molecule has 0 aliphatic heterocycles. The van der Waals surface area contributed by atoms with Gasteiger partial charge >= 0.3 is 6.18 Å². The van der Waals surface area contributed by atoms with Gasteiger partial charge in [0.15, 0.2) is 0 Å². The van der Waals surface area contributed by atoms with E-state index in [-0.39, 0.29) is 16.7 Å². The van der Waals surface area contributed by atoms with E-state index in [0.717, 1.165) is 44.2 Å². The number of alkyl halides is 3. The number of allylic oxidation sites excluding steroid dienone is 1. The Bertz CT molecular complexity index is 753. The minimum Gasteiger partial charge on any atom is -0.493 e. The zero-order chi connectivity index (χ0) is 18.6. The highest BCUT2D eigenvalue weighted by Gasteiger charge is 2.31. The highest BCUT2D eigenvalue weighted by Crippen LogP contribution is 2.35. The van der Waals surface area contributed by atoms with E-state index in [1.54, 1.807) is 11.3 Å². The van der Waals surface area contributed by atoms with Crippen LogP contribution in [0.3, 0.4) is 0 Å². The van der Waals surface area contributed by atoms with Gasteiger partial charge in [-0.2, -0.15) is 13.2 Å². The molecular weight excluding hydrogens is 381 g/mol. The van der Waals surface area contributed by atoms with Gasteiger partial charge in [-0.15, -0.1) is 11.3 Å². The highest BCUT2D eigenvalue weighted by atomic mass is 35.5. The van der Waals surface area contributed by atoms with E-state index in [0.29, 0.717) is 6.61 Å². The monoisotopic (exact) mass is 400 g/mol.